The third kappa shape index (κ3) is 6.21. The van der Waals surface area contributed by atoms with Crippen molar-refractivity contribution in [3.63, 3.8) is 0 Å². The van der Waals surface area contributed by atoms with Crippen LogP contribution in [0.25, 0.3) is 6.08 Å². The molecule has 0 atom stereocenters. The highest BCUT2D eigenvalue weighted by Crippen LogP contribution is 2.33. The fraction of sp³-hybridized carbons (Fsp3) is 0.148. The molecule has 1 heterocycles. The third-order valence-electron chi connectivity index (χ3n) is 5.97. The largest absolute Gasteiger partial charge is 0.379 e. The first-order valence-corrected chi connectivity index (χ1v) is 14.0. The van der Waals surface area contributed by atoms with Crippen molar-refractivity contribution in [2.24, 2.45) is 0 Å². The number of nitrogens with one attached hydrogen (secondary N) is 1. The van der Waals surface area contributed by atoms with Crippen molar-refractivity contribution in [1.29, 1.82) is 0 Å². The molecule has 4 rings (SSSR count). The van der Waals surface area contributed by atoms with Gasteiger partial charge < -0.3 is 9.50 Å². The summed E-state index contributed by atoms with van der Waals surface area (Å²) in [6, 6.07) is 14.6. The zero-order valence-corrected chi connectivity index (χ0v) is 23.2. The van der Waals surface area contributed by atoms with Gasteiger partial charge >= 0.3 is 10.1 Å². The Kier molecular flexibility index (Phi) is 8.07. The first-order valence-electron chi connectivity index (χ1n) is 11.8. The lowest BCUT2D eigenvalue weighted by Crippen LogP contribution is -2.36. The van der Waals surface area contributed by atoms with Gasteiger partial charge in [0.15, 0.2) is 0 Å². The van der Waals surface area contributed by atoms with Crippen LogP contribution in [0.1, 0.15) is 22.3 Å². The van der Waals surface area contributed by atoms with E-state index in [9.17, 15) is 32.9 Å². The number of nitrogens with zero attached hydrogens (tertiary/aromatic N) is 2. The topological polar surface area (TPSA) is 153 Å². The molecule has 3 aromatic carbocycles. The summed E-state index contributed by atoms with van der Waals surface area (Å²) in [5.41, 5.74) is 2.75. The normalized spacial score (nSPS) is 14.5. The van der Waals surface area contributed by atoms with E-state index in [0.29, 0.717) is 28.6 Å². The smallest absolute Gasteiger partial charge is 0.339 e. The van der Waals surface area contributed by atoms with Crippen LogP contribution in [0.2, 0.25) is 0 Å². The minimum atomic E-state index is -4.35. The number of hydrogen-bond donors (Lipinski definition) is 1. The minimum Gasteiger partial charge on any atom is -0.379 e. The average molecular weight is 582 g/mol. The van der Waals surface area contributed by atoms with Crippen LogP contribution >= 0.6 is 11.8 Å². The van der Waals surface area contributed by atoms with E-state index in [-0.39, 0.29) is 21.2 Å². The lowest BCUT2D eigenvalue weighted by Gasteiger charge is -2.15. The SMILES string of the molecule is Cc1ccc(S(=O)(=O)Oc2ccc(/C=C3\SC(=O)N(CC(=O)Nc4c(C)cccc4C)C3=O)cc2)cc1[N+](=O)[O-]. The second kappa shape index (κ2) is 11.3. The summed E-state index contributed by atoms with van der Waals surface area (Å²) in [5, 5.41) is 13.3. The Hall–Kier alpha value is -4.49. The van der Waals surface area contributed by atoms with E-state index < -0.39 is 38.6 Å². The number of amides is 3. The highest BCUT2D eigenvalue weighted by atomic mass is 32.2. The number of imide groups is 1. The molecule has 0 radical (unpaired) electrons. The van der Waals surface area contributed by atoms with Gasteiger partial charge in [0.25, 0.3) is 16.8 Å². The van der Waals surface area contributed by atoms with Crippen molar-refractivity contribution in [3.8, 4) is 5.75 Å². The zero-order valence-electron chi connectivity index (χ0n) is 21.5. The molecule has 0 bridgehead atoms. The predicted molar refractivity (Wildman–Crippen MR) is 149 cm³/mol. The molecule has 3 amide bonds. The predicted octanol–water partition coefficient (Wildman–Crippen LogP) is 4.96. The molecule has 0 unspecified atom stereocenters. The highest BCUT2D eigenvalue weighted by Gasteiger charge is 2.36. The van der Waals surface area contributed by atoms with Crippen LogP contribution in [0.15, 0.2) is 70.5 Å². The first kappa shape index (κ1) is 28.5. The van der Waals surface area contributed by atoms with Crippen molar-refractivity contribution < 1.29 is 31.9 Å². The summed E-state index contributed by atoms with van der Waals surface area (Å²) in [7, 11) is -4.35. The number of nitro benzene ring substituents is 1. The van der Waals surface area contributed by atoms with Gasteiger partial charge in [-0.05, 0) is 73.5 Å². The molecule has 3 aromatic rings. The molecule has 40 heavy (non-hydrogen) atoms. The molecule has 1 aliphatic rings. The number of benzene rings is 3. The molecule has 1 saturated heterocycles. The molecular weight excluding hydrogens is 558 g/mol. The number of carbonyl (C=O) groups is 3. The number of para-hydroxylation sites is 1. The van der Waals surface area contributed by atoms with Gasteiger partial charge in [0, 0.05) is 17.3 Å². The van der Waals surface area contributed by atoms with Crippen LogP contribution in [-0.4, -0.2) is 41.8 Å². The number of hydrogen-bond acceptors (Lipinski definition) is 9. The molecule has 0 saturated carbocycles. The van der Waals surface area contributed by atoms with Gasteiger partial charge in [-0.25, -0.2) is 0 Å². The Bertz CT molecular complexity index is 1660. The van der Waals surface area contributed by atoms with E-state index in [1.54, 1.807) is 0 Å². The zero-order chi connectivity index (χ0) is 29.2. The number of anilines is 1. The van der Waals surface area contributed by atoms with E-state index in [1.807, 2.05) is 32.0 Å². The molecule has 11 nitrogen and oxygen atoms in total. The number of rotatable bonds is 8. The van der Waals surface area contributed by atoms with E-state index in [1.165, 1.54) is 49.4 Å². The Balaban J connectivity index is 1.44. The number of carbonyl (C=O) groups excluding carboxylic acids is 3. The van der Waals surface area contributed by atoms with Crippen molar-refractivity contribution in [3.05, 3.63) is 97.9 Å². The monoisotopic (exact) mass is 581 g/mol. The van der Waals surface area contributed by atoms with E-state index in [0.717, 1.165) is 22.1 Å². The van der Waals surface area contributed by atoms with Crippen LogP contribution in [0.4, 0.5) is 16.2 Å². The second-order valence-corrected chi connectivity index (χ2v) is 11.4. The van der Waals surface area contributed by atoms with E-state index >= 15 is 0 Å². The van der Waals surface area contributed by atoms with E-state index in [2.05, 4.69) is 5.32 Å². The Morgan fingerprint density at radius 2 is 1.68 bits per heavy atom. The van der Waals surface area contributed by atoms with Gasteiger partial charge in [-0.3, -0.25) is 29.4 Å². The Morgan fingerprint density at radius 3 is 2.30 bits per heavy atom. The van der Waals surface area contributed by atoms with Gasteiger partial charge in [-0.15, -0.1) is 0 Å². The van der Waals surface area contributed by atoms with Crippen LogP contribution in [0, 0.1) is 30.9 Å². The highest BCUT2D eigenvalue weighted by molar-refractivity contribution is 8.18. The number of nitro groups is 1. The summed E-state index contributed by atoms with van der Waals surface area (Å²) in [4.78, 5) is 48.9. The van der Waals surface area contributed by atoms with Crippen molar-refractivity contribution in [2.75, 3.05) is 11.9 Å². The van der Waals surface area contributed by atoms with Gasteiger partial charge in [0.2, 0.25) is 5.91 Å². The quantitative estimate of drug-likeness (QED) is 0.168. The fourth-order valence-corrected chi connectivity index (χ4v) is 5.65. The minimum absolute atomic E-state index is 0.0587. The van der Waals surface area contributed by atoms with Crippen LogP contribution in [0.5, 0.6) is 5.75 Å². The van der Waals surface area contributed by atoms with Gasteiger partial charge in [0.05, 0.1) is 9.83 Å². The molecule has 206 valence electrons. The summed E-state index contributed by atoms with van der Waals surface area (Å²) >= 11 is 0.684. The summed E-state index contributed by atoms with van der Waals surface area (Å²) in [6.45, 7) is 4.72. The standard InChI is InChI=1S/C27H23N3O8S2/c1-16-7-12-21(14-22(16)30(34)35)40(36,37)38-20-10-8-19(9-11-20)13-23-26(32)29(27(33)39-23)15-24(31)28-25-17(2)5-4-6-18(25)3/h4-14H,15H2,1-3H3,(H,28,31)/b23-13-. The van der Waals surface area contributed by atoms with Crippen LogP contribution < -0.4 is 9.50 Å². The molecule has 13 heteroatoms. The molecular formula is C27H23N3O8S2. The van der Waals surface area contributed by atoms with Crippen molar-refractivity contribution in [1.82, 2.24) is 4.90 Å². The van der Waals surface area contributed by atoms with E-state index in [4.69, 9.17) is 4.18 Å². The van der Waals surface area contributed by atoms with Gasteiger partial charge in [-0.2, -0.15) is 8.42 Å². The molecule has 1 aliphatic heterocycles. The third-order valence-corrected chi connectivity index (χ3v) is 8.12. The maximum atomic E-state index is 12.8. The Labute approximate surface area is 234 Å². The molecule has 0 aliphatic carbocycles. The lowest BCUT2D eigenvalue weighted by atomic mass is 10.1. The number of aryl methyl sites for hydroxylation is 3. The lowest BCUT2D eigenvalue weighted by molar-refractivity contribution is -0.385. The number of thioether (sulfide) groups is 1. The van der Waals surface area contributed by atoms with Crippen LogP contribution in [0.3, 0.4) is 0 Å². The first-order chi connectivity index (χ1) is 18.9. The molecule has 0 spiro atoms. The second-order valence-electron chi connectivity index (χ2n) is 8.89. The maximum absolute atomic E-state index is 12.8. The van der Waals surface area contributed by atoms with Crippen molar-refractivity contribution >= 4 is 56.4 Å². The average Bonchev–Trinajstić information content (AvgIpc) is 3.14. The maximum Gasteiger partial charge on any atom is 0.339 e. The van der Waals surface area contributed by atoms with Crippen molar-refractivity contribution in [2.45, 2.75) is 25.7 Å². The molecule has 1 fully saturated rings. The Morgan fingerprint density at radius 1 is 1.02 bits per heavy atom. The fourth-order valence-electron chi connectivity index (χ4n) is 3.86. The van der Waals surface area contributed by atoms with Gasteiger partial charge in [-0.1, -0.05) is 36.4 Å². The summed E-state index contributed by atoms with van der Waals surface area (Å²) in [5.74, 6) is -1.20. The van der Waals surface area contributed by atoms with Crippen LogP contribution in [-0.2, 0) is 19.7 Å². The van der Waals surface area contributed by atoms with Gasteiger partial charge in [0.1, 0.15) is 17.2 Å². The molecule has 0 aromatic heterocycles. The summed E-state index contributed by atoms with van der Waals surface area (Å²) < 4.78 is 30.4. The summed E-state index contributed by atoms with van der Waals surface area (Å²) in [6.07, 6.45) is 1.44. The molecule has 1 N–H and O–H groups in total.